The molecule has 2 aromatic carbocycles. The van der Waals surface area contributed by atoms with Gasteiger partial charge in [-0.15, -0.1) is 10.2 Å². The lowest BCUT2D eigenvalue weighted by molar-refractivity contribution is -0.116. The van der Waals surface area contributed by atoms with Crippen LogP contribution in [0.25, 0.3) is 28.3 Å². The van der Waals surface area contributed by atoms with Crippen LogP contribution in [0.15, 0.2) is 91.3 Å². The van der Waals surface area contributed by atoms with E-state index in [1.165, 1.54) is 0 Å². The summed E-state index contributed by atoms with van der Waals surface area (Å²) in [6.45, 7) is 0. The van der Waals surface area contributed by atoms with E-state index in [4.69, 9.17) is 5.10 Å². The van der Waals surface area contributed by atoms with Crippen LogP contribution in [0.3, 0.4) is 0 Å². The first kappa shape index (κ1) is 19.6. The second-order valence-electron chi connectivity index (χ2n) is 7.36. The third-order valence-corrected chi connectivity index (χ3v) is 5.15. The van der Waals surface area contributed by atoms with Gasteiger partial charge in [0.05, 0.1) is 5.69 Å². The SMILES string of the molecule is O=C(CCc1ccccc1)Nc1ccc(-c2ccc3nnc(-c4ccncc4)n3n2)cc1. The van der Waals surface area contributed by atoms with Crippen molar-refractivity contribution in [3.8, 4) is 22.6 Å². The monoisotopic (exact) mass is 420 g/mol. The predicted molar refractivity (Wildman–Crippen MR) is 123 cm³/mol. The van der Waals surface area contributed by atoms with Gasteiger partial charge in [-0.1, -0.05) is 42.5 Å². The summed E-state index contributed by atoms with van der Waals surface area (Å²) < 4.78 is 1.73. The van der Waals surface area contributed by atoms with Crippen LogP contribution in [0.2, 0.25) is 0 Å². The molecule has 7 heteroatoms. The van der Waals surface area contributed by atoms with Crippen LogP contribution >= 0.6 is 0 Å². The number of nitrogens with one attached hydrogen (secondary N) is 1. The molecule has 0 spiro atoms. The highest BCUT2D eigenvalue weighted by Crippen LogP contribution is 2.22. The first-order valence-corrected chi connectivity index (χ1v) is 10.3. The van der Waals surface area contributed by atoms with Crippen molar-refractivity contribution in [2.45, 2.75) is 12.8 Å². The van der Waals surface area contributed by atoms with Gasteiger partial charge in [0, 0.05) is 35.6 Å². The summed E-state index contributed by atoms with van der Waals surface area (Å²) in [6.07, 6.45) is 4.59. The van der Waals surface area contributed by atoms with Crippen LogP contribution in [0.1, 0.15) is 12.0 Å². The Morgan fingerprint density at radius 2 is 1.59 bits per heavy atom. The highest BCUT2D eigenvalue weighted by Gasteiger charge is 2.11. The highest BCUT2D eigenvalue weighted by atomic mass is 16.1. The maximum atomic E-state index is 12.3. The number of rotatable bonds is 6. The quantitative estimate of drug-likeness (QED) is 0.439. The standard InChI is InChI=1S/C25H20N6O/c32-24(13-6-18-4-2-1-3-5-18)27-21-9-7-19(8-10-21)22-11-12-23-28-29-25(31(23)30-22)20-14-16-26-17-15-20/h1-5,7-12,14-17H,6,13H2,(H,27,32). The molecule has 0 atom stereocenters. The number of anilines is 1. The molecule has 1 N–H and O–H groups in total. The van der Waals surface area contributed by atoms with Crippen LogP contribution in [-0.2, 0) is 11.2 Å². The van der Waals surface area contributed by atoms with Gasteiger partial charge in [-0.3, -0.25) is 9.78 Å². The predicted octanol–water partition coefficient (Wildman–Crippen LogP) is 4.42. The summed E-state index contributed by atoms with van der Waals surface area (Å²) in [5.74, 6) is 0.652. The van der Waals surface area contributed by atoms with E-state index in [1.54, 1.807) is 16.9 Å². The van der Waals surface area contributed by atoms with Crippen LogP contribution in [-0.4, -0.2) is 30.7 Å². The number of aryl methyl sites for hydroxylation is 1. The van der Waals surface area contributed by atoms with E-state index in [0.29, 0.717) is 24.3 Å². The smallest absolute Gasteiger partial charge is 0.224 e. The van der Waals surface area contributed by atoms with Crippen molar-refractivity contribution in [3.63, 3.8) is 0 Å². The van der Waals surface area contributed by atoms with E-state index in [-0.39, 0.29) is 5.91 Å². The molecule has 0 unspecified atom stereocenters. The number of hydrogen-bond donors (Lipinski definition) is 1. The average Bonchev–Trinajstić information content (AvgIpc) is 3.28. The molecule has 0 radical (unpaired) electrons. The van der Waals surface area contributed by atoms with Gasteiger partial charge in [-0.25, -0.2) is 0 Å². The molecule has 0 fully saturated rings. The minimum Gasteiger partial charge on any atom is -0.326 e. The Labute approximate surface area is 184 Å². The van der Waals surface area contributed by atoms with Crippen LogP contribution in [0, 0.1) is 0 Å². The van der Waals surface area contributed by atoms with Gasteiger partial charge in [0.1, 0.15) is 0 Å². The van der Waals surface area contributed by atoms with Gasteiger partial charge in [0.15, 0.2) is 11.5 Å². The Balaban J connectivity index is 1.31. The molecule has 0 aliphatic heterocycles. The van der Waals surface area contributed by atoms with E-state index in [9.17, 15) is 4.79 Å². The third-order valence-electron chi connectivity index (χ3n) is 5.15. The third kappa shape index (κ3) is 4.22. The lowest BCUT2D eigenvalue weighted by Gasteiger charge is -2.07. The fourth-order valence-electron chi connectivity index (χ4n) is 3.47. The van der Waals surface area contributed by atoms with Crippen LogP contribution in [0.5, 0.6) is 0 Å². The normalized spacial score (nSPS) is 10.9. The number of aromatic nitrogens is 5. The van der Waals surface area contributed by atoms with E-state index in [1.807, 2.05) is 78.9 Å². The molecular formula is C25H20N6O. The lowest BCUT2D eigenvalue weighted by Crippen LogP contribution is -2.12. The Kier molecular flexibility index (Phi) is 5.36. The Hall–Kier alpha value is -4.39. The Bertz CT molecular complexity index is 1350. The van der Waals surface area contributed by atoms with Gasteiger partial charge in [0.2, 0.25) is 5.91 Å². The molecule has 0 saturated heterocycles. The van der Waals surface area contributed by atoms with Crippen molar-refractivity contribution in [2.24, 2.45) is 0 Å². The largest absolute Gasteiger partial charge is 0.326 e. The number of nitrogens with zero attached hydrogens (tertiary/aromatic N) is 5. The zero-order chi connectivity index (χ0) is 21.8. The fourth-order valence-corrected chi connectivity index (χ4v) is 3.47. The molecule has 3 heterocycles. The minimum atomic E-state index is -0.00682. The number of hydrogen-bond acceptors (Lipinski definition) is 5. The molecular weight excluding hydrogens is 400 g/mol. The zero-order valence-corrected chi connectivity index (χ0v) is 17.2. The van der Waals surface area contributed by atoms with Crippen molar-refractivity contribution in [1.82, 2.24) is 24.8 Å². The molecule has 1 amide bonds. The second kappa shape index (κ2) is 8.77. The summed E-state index contributed by atoms with van der Waals surface area (Å²) >= 11 is 0. The molecule has 0 aliphatic rings. The van der Waals surface area contributed by atoms with Crippen molar-refractivity contribution in [3.05, 3.63) is 96.8 Å². The molecule has 0 aliphatic carbocycles. The number of fused-ring (bicyclic) bond motifs is 1. The number of benzene rings is 2. The lowest BCUT2D eigenvalue weighted by atomic mass is 10.1. The van der Waals surface area contributed by atoms with Crippen LogP contribution in [0.4, 0.5) is 5.69 Å². The van der Waals surface area contributed by atoms with E-state index in [2.05, 4.69) is 20.5 Å². The first-order chi connectivity index (χ1) is 15.8. The highest BCUT2D eigenvalue weighted by molar-refractivity contribution is 5.91. The van der Waals surface area contributed by atoms with E-state index >= 15 is 0 Å². The van der Waals surface area contributed by atoms with Gasteiger partial charge < -0.3 is 5.32 Å². The van der Waals surface area contributed by atoms with Crippen LogP contribution < -0.4 is 5.32 Å². The summed E-state index contributed by atoms with van der Waals surface area (Å²) in [7, 11) is 0. The summed E-state index contributed by atoms with van der Waals surface area (Å²) in [6, 6.07) is 25.2. The molecule has 7 nitrogen and oxygen atoms in total. The summed E-state index contributed by atoms with van der Waals surface area (Å²) in [5.41, 5.74) is 5.20. The van der Waals surface area contributed by atoms with E-state index < -0.39 is 0 Å². The Morgan fingerprint density at radius 3 is 2.38 bits per heavy atom. The van der Waals surface area contributed by atoms with Gasteiger partial charge in [-0.05, 0) is 48.4 Å². The average molecular weight is 420 g/mol. The van der Waals surface area contributed by atoms with Crippen molar-refractivity contribution >= 4 is 17.2 Å². The molecule has 5 aromatic rings. The molecule has 0 bridgehead atoms. The van der Waals surface area contributed by atoms with Crippen molar-refractivity contribution in [2.75, 3.05) is 5.32 Å². The number of pyridine rings is 1. The zero-order valence-electron chi connectivity index (χ0n) is 17.2. The minimum absolute atomic E-state index is 0.00682. The van der Waals surface area contributed by atoms with Gasteiger partial charge in [-0.2, -0.15) is 9.61 Å². The number of amides is 1. The first-order valence-electron chi connectivity index (χ1n) is 10.3. The second-order valence-corrected chi connectivity index (χ2v) is 7.36. The van der Waals surface area contributed by atoms with Crippen molar-refractivity contribution in [1.29, 1.82) is 0 Å². The van der Waals surface area contributed by atoms with Crippen molar-refractivity contribution < 1.29 is 4.79 Å². The Morgan fingerprint density at radius 1 is 0.812 bits per heavy atom. The molecule has 32 heavy (non-hydrogen) atoms. The maximum Gasteiger partial charge on any atom is 0.224 e. The molecule has 156 valence electrons. The number of carbonyl (C=O) groups is 1. The maximum absolute atomic E-state index is 12.3. The van der Waals surface area contributed by atoms with E-state index in [0.717, 1.165) is 28.1 Å². The topological polar surface area (TPSA) is 85.1 Å². The summed E-state index contributed by atoms with van der Waals surface area (Å²) in [4.78, 5) is 16.3. The molecule has 3 aromatic heterocycles. The van der Waals surface area contributed by atoms with Gasteiger partial charge >= 0.3 is 0 Å². The van der Waals surface area contributed by atoms with Gasteiger partial charge in [0.25, 0.3) is 0 Å². The fraction of sp³-hybridized carbons (Fsp3) is 0.0800. The summed E-state index contributed by atoms with van der Waals surface area (Å²) in [5, 5.41) is 16.1. The molecule has 0 saturated carbocycles. The molecule has 5 rings (SSSR count). The number of carbonyl (C=O) groups excluding carboxylic acids is 1.